The maximum Gasteiger partial charge on any atom is 0.325 e. The summed E-state index contributed by atoms with van der Waals surface area (Å²) in [5.41, 5.74) is 2.16. The lowest BCUT2D eigenvalue weighted by atomic mass is 10.1. The highest BCUT2D eigenvalue weighted by Crippen LogP contribution is 2.12. The molecule has 0 atom stereocenters. The van der Waals surface area contributed by atoms with Crippen LogP contribution in [0.5, 0.6) is 0 Å². The molecule has 0 heterocycles. The van der Waals surface area contributed by atoms with E-state index in [-0.39, 0.29) is 12.5 Å². The number of hydrogen-bond donors (Lipinski definition) is 0. The van der Waals surface area contributed by atoms with Gasteiger partial charge in [-0.15, -0.1) is 0 Å². The van der Waals surface area contributed by atoms with E-state index in [0.717, 1.165) is 17.5 Å². The molecule has 0 aliphatic rings. The van der Waals surface area contributed by atoms with E-state index in [1.54, 1.807) is 4.90 Å². The van der Waals surface area contributed by atoms with Crippen molar-refractivity contribution in [2.75, 3.05) is 13.7 Å². The third-order valence-corrected chi connectivity index (χ3v) is 2.99. The smallest absolute Gasteiger partial charge is 0.325 e. The van der Waals surface area contributed by atoms with Crippen LogP contribution >= 0.6 is 0 Å². The van der Waals surface area contributed by atoms with Crippen LogP contribution in [0, 0.1) is 6.92 Å². The SMILES string of the molecule is CCCC(=O)N(CC(=O)OC)Cc1ccccc1C. The topological polar surface area (TPSA) is 46.6 Å². The fourth-order valence-electron chi connectivity index (χ4n) is 1.82. The quantitative estimate of drug-likeness (QED) is 0.740. The van der Waals surface area contributed by atoms with E-state index in [9.17, 15) is 9.59 Å². The zero-order valence-electron chi connectivity index (χ0n) is 11.8. The number of methoxy groups -OCH3 is 1. The Bertz CT molecular complexity index is 443. The summed E-state index contributed by atoms with van der Waals surface area (Å²) in [6.45, 7) is 4.39. The molecule has 4 heteroatoms. The van der Waals surface area contributed by atoms with Crippen LogP contribution in [0.25, 0.3) is 0 Å². The summed E-state index contributed by atoms with van der Waals surface area (Å²) >= 11 is 0. The van der Waals surface area contributed by atoms with Crippen LogP contribution < -0.4 is 0 Å². The summed E-state index contributed by atoms with van der Waals surface area (Å²) in [5.74, 6) is -0.408. The van der Waals surface area contributed by atoms with Crippen molar-refractivity contribution in [1.82, 2.24) is 4.90 Å². The summed E-state index contributed by atoms with van der Waals surface area (Å²) < 4.78 is 4.64. The number of amides is 1. The number of carbonyl (C=O) groups excluding carboxylic acids is 2. The zero-order valence-corrected chi connectivity index (χ0v) is 11.8. The molecule has 19 heavy (non-hydrogen) atoms. The molecule has 0 N–H and O–H groups in total. The van der Waals surface area contributed by atoms with Gasteiger partial charge >= 0.3 is 5.97 Å². The first kappa shape index (κ1) is 15.2. The lowest BCUT2D eigenvalue weighted by molar-refractivity contribution is -0.147. The van der Waals surface area contributed by atoms with Crippen molar-refractivity contribution in [2.45, 2.75) is 33.2 Å². The van der Waals surface area contributed by atoms with E-state index in [4.69, 9.17) is 0 Å². The Balaban J connectivity index is 2.82. The van der Waals surface area contributed by atoms with Crippen LogP contribution in [0.3, 0.4) is 0 Å². The number of esters is 1. The molecule has 0 fully saturated rings. The molecule has 104 valence electrons. The van der Waals surface area contributed by atoms with Gasteiger partial charge in [0.25, 0.3) is 0 Å². The lowest BCUT2D eigenvalue weighted by Gasteiger charge is -2.22. The molecule has 0 aliphatic carbocycles. The largest absolute Gasteiger partial charge is 0.468 e. The lowest BCUT2D eigenvalue weighted by Crippen LogP contribution is -2.35. The third kappa shape index (κ3) is 4.73. The normalized spacial score (nSPS) is 10.1. The molecular formula is C15H21NO3. The molecule has 1 amide bonds. The average Bonchev–Trinajstić information content (AvgIpc) is 2.40. The van der Waals surface area contributed by atoms with Gasteiger partial charge in [-0.25, -0.2) is 0 Å². The van der Waals surface area contributed by atoms with Gasteiger partial charge < -0.3 is 9.64 Å². The molecule has 4 nitrogen and oxygen atoms in total. The van der Waals surface area contributed by atoms with Crippen LogP contribution in [-0.2, 0) is 20.9 Å². The predicted octanol–water partition coefficient (Wildman–Crippen LogP) is 2.30. The summed E-state index contributed by atoms with van der Waals surface area (Å²) in [6, 6.07) is 7.86. The van der Waals surface area contributed by atoms with Crippen molar-refractivity contribution >= 4 is 11.9 Å². The highest BCUT2D eigenvalue weighted by atomic mass is 16.5. The maximum atomic E-state index is 12.0. The second kappa shape index (κ2) is 7.56. The first-order valence-corrected chi connectivity index (χ1v) is 6.47. The minimum atomic E-state index is -0.391. The molecule has 1 aromatic rings. The van der Waals surface area contributed by atoms with Crippen LogP contribution in [0.1, 0.15) is 30.9 Å². The molecule has 0 bridgehead atoms. The first-order valence-electron chi connectivity index (χ1n) is 6.47. The average molecular weight is 263 g/mol. The van der Waals surface area contributed by atoms with Gasteiger partial charge in [-0.2, -0.15) is 0 Å². The minimum Gasteiger partial charge on any atom is -0.468 e. The van der Waals surface area contributed by atoms with Crippen LogP contribution in [0.2, 0.25) is 0 Å². The summed E-state index contributed by atoms with van der Waals surface area (Å²) in [7, 11) is 1.33. The van der Waals surface area contributed by atoms with Gasteiger partial charge in [-0.3, -0.25) is 9.59 Å². The number of ether oxygens (including phenoxy) is 1. The minimum absolute atomic E-state index is 0.00364. The molecule has 1 rings (SSSR count). The van der Waals surface area contributed by atoms with Gasteiger partial charge in [0.05, 0.1) is 7.11 Å². The number of nitrogens with zero attached hydrogens (tertiary/aromatic N) is 1. The van der Waals surface area contributed by atoms with Gasteiger partial charge in [0, 0.05) is 13.0 Å². The molecule has 0 aromatic heterocycles. The summed E-state index contributed by atoms with van der Waals surface area (Å²) in [5, 5.41) is 0. The Kier molecular flexibility index (Phi) is 6.06. The standard InChI is InChI=1S/C15H21NO3/c1-4-7-14(17)16(11-15(18)19-3)10-13-9-6-5-8-12(13)2/h5-6,8-9H,4,7,10-11H2,1-3H3. The van der Waals surface area contributed by atoms with Gasteiger partial charge in [-0.1, -0.05) is 31.2 Å². The van der Waals surface area contributed by atoms with Gasteiger partial charge in [0.2, 0.25) is 5.91 Å². The van der Waals surface area contributed by atoms with Crippen LogP contribution in [0.15, 0.2) is 24.3 Å². The molecule has 0 unspecified atom stereocenters. The highest BCUT2D eigenvalue weighted by Gasteiger charge is 2.17. The van der Waals surface area contributed by atoms with E-state index >= 15 is 0 Å². The second-order valence-electron chi connectivity index (χ2n) is 4.50. The molecule has 1 aromatic carbocycles. The predicted molar refractivity (Wildman–Crippen MR) is 73.5 cm³/mol. The zero-order chi connectivity index (χ0) is 14.3. The fraction of sp³-hybridized carbons (Fsp3) is 0.467. The Hall–Kier alpha value is -1.84. The van der Waals surface area contributed by atoms with Gasteiger partial charge in [-0.05, 0) is 24.5 Å². The van der Waals surface area contributed by atoms with Gasteiger partial charge in [0.15, 0.2) is 0 Å². The Morgan fingerprint density at radius 2 is 1.95 bits per heavy atom. The van der Waals surface area contributed by atoms with Crippen molar-refractivity contribution in [3.8, 4) is 0 Å². The number of rotatable bonds is 6. The Morgan fingerprint density at radius 1 is 1.26 bits per heavy atom. The monoisotopic (exact) mass is 263 g/mol. The highest BCUT2D eigenvalue weighted by molar-refractivity contribution is 5.82. The molecule has 0 spiro atoms. The van der Waals surface area contributed by atoms with Crippen molar-refractivity contribution < 1.29 is 14.3 Å². The van der Waals surface area contributed by atoms with E-state index in [2.05, 4.69) is 4.74 Å². The van der Waals surface area contributed by atoms with Crippen LogP contribution in [0.4, 0.5) is 0 Å². The number of hydrogen-bond acceptors (Lipinski definition) is 3. The number of benzene rings is 1. The molecule has 0 radical (unpaired) electrons. The van der Waals surface area contributed by atoms with Crippen molar-refractivity contribution in [3.63, 3.8) is 0 Å². The maximum absolute atomic E-state index is 12.0. The number of aryl methyl sites for hydroxylation is 1. The molecule has 0 aliphatic heterocycles. The number of carbonyl (C=O) groups is 2. The van der Waals surface area contributed by atoms with E-state index in [1.807, 2.05) is 38.1 Å². The molecule has 0 saturated carbocycles. The fourth-order valence-corrected chi connectivity index (χ4v) is 1.82. The Morgan fingerprint density at radius 3 is 2.53 bits per heavy atom. The third-order valence-electron chi connectivity index (χ3n) is 2.99. The van der Waals surface area contributed by atoms with Crippen LogP contribution in [-0.4, -0.2) is 30.4 Å². The molecule has 0 saturated heterocycles. The van der Waals surface area contributed by atoms with Gasteiger partial charge in [0.1, 0.15) is 6.54 Å². The van der Waals surface area contributed by atoms with E-state index in [1.165, 1.54) is 7.11 Å². The van der Waals surface area contributed by atoms with E-state index in [0.29, 0.717) is 13.0 Å². The van der Waals surface area contributed by atoms with Crippen molar-refractivity contribution in [3.05, 3.63) is 35.4 Å². The van der Waals surface area contributed by atoms with Crippen molar-refractivity contribution in [1.29, 1.82) is 0 Å². The first-order chi connectivity index (χ1) is 9.08. The Labute approximate surface area is 114 Å². The second-order valence-corrected chi connectivity index (χ2v) is 4.50. The molecular weight excluding hydrogens is 242 g/mol. The van der Waals surface area contributed by atoms with E-state index < -0.39 is 5.97 Å². The van der Waals surface area contributed by atoms with Crippen molar-refractivity contribution in [2.24, 2.45) is 0 Å². The summed E-state index contributed by atoms with van der Waals surface area (Å²) in [4.78, 5) is 25.0. The summed E-state index contributed by atoms with van der Waals surface area (Å²) in [6.07, 6.45) is 1.22.